The van der Waals surface area contributed by atoms with Gasteiger partial charge in [-0.05, 0) is 25.2 Å². The first-order valence-electron chi connectivity index (χ1n) is 6.42. The summed E-state index contributed by atoms with van der Waals surface area (Å²) in [5, 5.41) is 13.8. The molecular formula is C10H14O10S2. The van der Waals surface area contributed by atoms with Crippen molar-refractivity contribution in [3.8, 4) is 0 Å². The number of carbonyl (C=O) groups is 1. The van der Waals surface area contributed by atoms with Crippen LogP contribution >= 0.6 is 0 Å². The lowest BCUT2D eigenvalue weighted by atomic mass is 9.84. The molecule has 2 aliphatic carbocycles. The van der Waals surface area contributed by atoms with Crippen LogP contribution in [0.25, 0.3) is 0 Å². The molecule has 1 heterocycles. The molecule has 10 nitrogen and oxygen atoms in total. The van der Waals surface area contributed by atoms with Crippen molar-refractivity contribution >= 4 is 26.2 Å². The summed E-state index contributed by atoms with van der Waals surface area (Å²) in [6, 6.07) is 0. The number of rotatable bonds is 4. The summed E-state index contributed by atoms with van der Waals surface area (Å²) in [5.41, 5.74) is -1.73. The summed E-state index contributed by atoms with van der Waals surface area (Å²) < 4.78 is 63.3. The van der Waals surface area contributed by atoms with Gasteiger partial charge in [0, 0.05) is 5.92 Å². The molecule has 0 spiro atoms. The zero-order valence-electron chi connectivity index (χ0n) is 11.1. The monoisotopic (exact) mass is 358 g/mol. The lowest BCUT2D eigenvalue weighted by Gasteiger charge is -2.28. The number of hydrogen-bond acceptors (Lipinski definition) is 9. The highest BCUT2D eigenvalue weighted by Crippen LogP contribution is 2.60. The zero-order valence-corrected chi connectivity index (χ0v) is 12.7. The molecule has 3 fully saturated rings. The third-order valence-corrected chi connectivity index (χ3v) is 7.31. The van der Waals surface area contributed by atoms with Crippen molar-refractivity contribution in [1.29, 1.82) is 0 Å². The molecule has 3 aliphatic rings. The van der Waals surface area contributed by atoms with Crippen molar-refractivity contribution in [2.45, 2.75) is 35.2 Å². The molecule has 2 saturated carbocycles. The van der Waals surface area contributed by atoms with Crippen LogP contribution in [-0.4, -0.2) is 60.1 Å². The highest BCUT2D eigenvalue weighted by Gasteiger charge is 2.72. The van der Waals surface area contributed by atoms with Crippen LogP contribution < -0.4 is 0 Å². The van der Waals surface area contributed by atoms with Crippen LogP contribution in [0.2, 0.25) is 0 Å². The Hall–Kier alpha value is -0.790. The first-order valence-corrected chi connectivity index (χ1v) is 9.34. The lowest BCUT2D eigenvalue weighted by Crippen LogP contribution is -2.49. The maximum atomic E-state index is 12.2. The van der Waals surface area contributed by atoms with Gasteiger partial charge in [0.2, 0.25) is 0 Å². The van der Waals surface area contributed by atoms with Gasteiger partial charge in [0.1, 0.15) is 0 Å². The number of fused-ring (bicyclic) bond motifs is 1. The Labute approximate surface area is 125 Å². The van der Waals surface area contributed by atoms with E-state index in [1.807, 2.05) is 0 Å². The van der Waals surface area contributed by atoms with E-state index < -0.39 is 54.7 Å². The normalized spacial score (nSPS) is 39.1. The predicted molar refractivity (Wildman–Crippen MR) is 67.0 cm³/mol. The Balaban J connectivity index is 1.80. The van der Waals surface area contributed by atoms with Gasteiger partial charge in [-0.25, -0.2) is 4.79 Å². The molecule has 1 saturated heterocycles. The second kappa shape index (κ2) is 4.39. The molecular weight excluding hydrogens is 344 g/mol. The van der Waals surface area contributed by atoms with Crippen molar-refractivity contribution in [3.05, 3.63) is 0 Å². The van der Waals surface area contributed by atoms with Gasteiger partial charge in [0.05, 0.1) is 5.25 Å². The van der Waals surface area contributed by atoms with E-state index in [4.69, 9.17) is 18.9 Å². The van der Waals surface area contributed by atoms with E-state index in [-0.39, 0.29) is 12.3 Å². The molecule has 12 heteroatoms. The van der Waals surface area contributed by atoms with Gasteiger partial charge >= 0.3 is 21.2 Å². The fourth-order valence-corrected chi connectivity index (χ4v) is 5.89. The highest BCUT2D eigenvalue weighted by molar-refractivity contribution is 7.87. The van der Waals surface area contributed by atoms with Crippen molar-refractivity contribution in [3.63, 3.8) is 0 Å². The van der Waals surface area contributed by atoms with Crippen LogP contribution in [0.5, 0.6) is 0 Å². The summed E-state index contributed by atoms with van der Waals surface area (Å²) in [6.45, 7) is -1.46. The van der Waals surface area contributed by atoms with Gasteiger partial charge in [-0.2, -0.15) is 16.8 Å². The molecule has 0 aromatic heterocycles. The maximum Gasteiger partial charge on any atom is 0.340 e. The van der Waals surface area contributed by atoms with Crippen LogP contribution in [0.1, 0.15) is 19.3 Å². The second-order valence-electron chi connectivity index (χ2n) is 5.95. The highest BCUT2D eigenvalue weighted by atomic mass is 32.2. The van der Waals surface area contributed by atoms with Gasteiger partial charge in [0.25, 0.3) is 10.1 Å². The van der Waals surface area contributed by atoms with E-state index in [1.54, 1.807) is 0 Å². The van der Waals surface area contributed by atoms with E-state index in [2.05, 4.69) is 4.74 Å². The molecule has 4 atom stereocenters. The molecule has 3 rings (SSSR count). The maximum absolute atomic E-state index is 12.2. The topological polar surface area (TPSA) is 164 Å². The Morgan fingerprint density at radius 3 is 2.55 bits per heavy atom. The quantitative estimate of drug-likeness (QED) is 0.220. The van der Waals surface area contributed by atoms with Crippen LogP contribution in [0.4, 0.5) is 0 Å². The smallest absolute Gasteiger partial charge is 0.340 e. The Morgan fingerprint density at radius 2 is 2.00 bits per heavy atom. The molecule has 0 aromatic rings. The fraction of sp³-hybridized carbons (Fsp3) is 0.900. The molecule has 0 amide bonds. The minimum atomic E-state index is -5.30. The Bertz CT molecular complexity index is 723. The number of carbonyl (C=O) groups excluding carboxylic acids is 1. The molecule has 0 radical (unpaired) electrons. The second-order valence-corrected chi connectivity index (χ2v) is 9.31. The molecule has 22 heavy (non-hydrogen) atoms. The third kappa shape index (κ3) is 2.09. The molecule has 4 unspecified atom stereocenters. The lowest BCUT2D eigenvalue weighted by molar-refractivity contribution is -0.183. The minimum Gasteiger partial charge on any atom is -0.456 e. The molecule has 1 aliphatic heterocycles. The van der Waals surface area contributed by atoms with Crippen LogP contribution in [0, 0.1) is 11.8 Å². The number of hydrogen-bond donors (Lipinski definition) is 3. The van der Waals surface area contributed by atoms with Gasteiger partial charge in [-0.3, -0.25) is 8.74 Å². The predicted octanol–water partition coefficient (Wildman–Crippen LogP) is -2.05. The van der Waals surface area contributed by atoms with Crippen LogP contribution in [-0.2, 0) is 34.0 Å². The van der Waals surface area contributed by atoms with Crippen molar-refractivity contribution in [1.82, 2.24) is 0 Å². The van der Waals surface area contributed by atoms with Gasteiger partial charge in [-0.1, -0.05) is 0 Å². The largest absolute Gasteiger partial charge is 0.456 e. The molecule has 2 bridgehead atoms. The molecule has 3 N–H and O–H groups in total. The van der Waals surface area contributed by atoms with Crippen molar-refractivity contribution < 1.29 is 45.3 Å². The Kier molecular flexibility index (Phi) is 3.21. The fourth-order valence-electron chi connectivity index (χ4n) is 3.65. The first kappa shape index (κ1) is 16.1. The zero-order chi connectivity index (χ0) is 16.6. The van der Waals surface area contributed by atoms with E-state index in [1.165, 1.54) is 0 Å². The first-order chi connectivity index (χ1) is 9.89. The third-order valence-electron chi connectivity index (χ3n) is 4.58. The minimum absolute atomic E-state index is 0.0191. The van der Waals surface area contributed by atoms with Gasteiger partial charge < -0.3 is 14.9 Å². The standard InChI is InChI=1S/C10H14O10S2/c11-8(19-4-10(12,13)22(16,17)18)9-3-5-1-6(9)7(2-5)21(14,15)20-9/h5-7,12-13H,1-4H2,(H,16,17,18). The van der Waals surface area contributed by atoms with Crippen molar-refractivity contribution in [2.24, 2.45) is 11.8 Å². The average Bonchev–Trinajstić information content (AvgIpc) is 2.94. The van der Waals surface area contributed by atoms with Crippen LogP contribution in [0.15, 0.2) is 0 Å². The number of esters is 1. The van der Waals surface area contributed by atoms with Gasteiger partial charge in [0.15, 0.2) is 12.2 Å². The Morgan fingerprint density at radius 1 is 1.36 bits per heavy atom. The van der Waals surface area contributed by atoms with E-state index in [0.29, 0.717) is 12.8 Å². The SMILES string of the molecule is O=C(OCC(O)(O)S(=O)(=O)O)C12CC3CC1C(C3)S(=O)(=O)O2. The molecule has 126 valence electrons. The van der Waals surface area contributed by atoms with E-state index >= 15 is 0 Å². The summed E-state index contributed by atoms with van der Waals surface area (Å²) in [4.78, 5) is 12.2. The van der Waals surface area contributed by atoms with Crippen LogP contribution in [0.3, 0.4) is 0 Å². The van der Waals surface area contributed by atoms with Crippen molar-refractivity contribution in [2.75, 3.05) is 6.61 Å². The van der Waals surface area contributed by atoms with E-state index in [9.17, 15) is 21.6 Å². The summed E-state index contributed by atoms with van der Waals surface area (Å²) in [5.74, 6) is -1.79. The van der Waals surface area contributed by atoms with E-state index in [0.717, 1.165) is 0 Å². The number of ether oxygens (including phenoxy) is 1. The summed E-state index contributed by atoms with van der Waals surface area (Å²) in [7, 11) is -9.21. The molecule has 0 aromatic carbocycles. The van der Waals surface area contributed by atoms with Gasteiger partial charge in [-0.15, -0.1) is 0 Å². The number of aliphatic hydroxyl groups is 2. The summed E-state index contributed by atoms with van der Waals surface area (Å²) in [6.07, 6.45) is 0.986. The summed E-state index contributed by atoms with van der Waals surface area (Å²) >= 11 is 0. The average molecular weight is 358 g/mol.